The second kappa shape index (κ2) is 6.89. The second-order valence-corrected chi connectivity index (χ2v) is 6.62. The van der Waals surface area contributed by atoms with E-state index in [0.29, 0.717) is 19.8 Å². The highest BCUT2D eigenvalue weighted by molar-refractivity contribution is 9.10. The number of likely N-dealkylation sites (N-methyl/N-ethyl adjacent to an activating group) is 1. The fourth-order valence-corrected chi connectivity index (χ4v) is 2.69. The average Bonchev–Trinajstić information content (AvgIpc) is 2.37. The van der Waals surface area contributed by atoms with Gasteiger partial charge in [0.25, 0.3) is 0 Å². The van der Waals surface area contributed by atoms with Crippen LogP contribution in [0.3, 0.4) is 0 Å². The molecule has 112 valence electrons. The van der Waals surface area contributed by atoms with Gasteiger partial charge in [0, 0.05) is 11.0 Å². The first-order valence-corrected chi connectivity index (χ1v) is 7.55. The summed E-state index contributed by atoms with van der Waals surface area (Å²) in [6.07, 6.45) is -0.0302. The molecule has 1 fully saturated rings. The van der Waals surface area contributed by atoms with Gasteiger partial charge in [-0.05, 0) is 45.3 Å². The van der Waals surface area contributed by atoms with Crippen LogP contribution in [-0.4, -0.2) is 57.1 Å². The Hall–Kier alpha value is -0.620. The second-order valence-electron chi connectivity index (χ2n) is 5.71. The lowest BCUT2D eigenvalue weighted by Gasteiger charge is -2.39. The van der Waals surface area contributed by atoms with Crippen LogP contribution in [0.1, 0.15) is 6.92 Å². The molecular formula is C15H22BrNO3. The molecule has 0 aromatic heterocycles. The molecule has 0 unspecified atom stereocenters. The van der Waals surface area contributed by atoms with Crippen molar-refractivity contribution in [2.24, 2.45) is 0 Å². The maximum atomic E-state index is 6.13. The molecule has 4 nitrogen and oxygen atoms in total. The lowest BCUT2D eigenvalue weighted by atomic mass is 10.1. The van der Waals surface area contributed by atoms with E-state index in [1.54, 1.807) is 0 Å². The summed E-state index contributed by atoms with van der Waals surface area (Å²) in [6, 6.07) is 7.80. The molecule has 0 aliphatic carbocycles. The molecule has 5 heteroatoms. The summed E-state index contributed by atoms with van der Waals surface area (Å²) >= 11 is 3.41. The van der Waals surface area contributed by atoms with Gasteiger partial charge in [-0.15, -0.1) is 0 Å². The molecule has 1 saturated heterocycles. The van der Waals surface area contributed by atoms with Crippen molar-refractivity contribution < 1.29 is 14.2 Å². The zero-order valence-electron chi connectivity index (χ0n) is 12.3. The molecule has 2 atom stereocenters. The lowest BCUT2D eigenvalue weighted by Crippen LogP contribution is -2.52. The number of halogens is 1. The average molecular weight is 344 g/mol. The topological polar surface area (TPSA) is 30.9 Å². The molecule has 1 aromatic carbocycles. The summed E-state index contributed by atoms with van der Waals surface area (Å²) in [7, 11) is 4.08. The van der Waals surface area contributed by atoms with E-state index in [1.165, 1.54) is 0 Å². The van der Waals surface area contributed by atoms with E-state index in [1.807, 2.05) is 38.4 Å². The normalized spacial score (nSPS) is 26.8. The highest BCUT2D eigenvalue weighted by atomic mass is 79.9. The van der Waals surface area contributed by atoms with Crippen LogP contribution in [-0.2, 0) is 9.47 Å². The predicted octanol–water partition coefficient (Wildman–Crippen LogP) is 2.56. The number of hydrogen-bond donors (Lipinski definition) is 0. The van der Waals surface area contributed by atoms with Gasteiger partial charge >= 0.3 is 0 Å². The van der Waals surface area contributed by atoms with E-state index in [2.05, 4.69) is 27.8 Å². The smallest absolute Gasteiger partial charge is 0.119 e. The van der Waals surface area contributed by atoms with E-state index in [-0.39, 0.29) is 11.7 Å². The zero-order valence-corrected chi connectivity index (χ0v) is 13.9. The molecule has 0 bridgehead atoms. The van der Waals surface area contributed by atoms with E-state index in [0.717, 1.165) is 16.8 Å². The molecule has 2 rings (SSSR count). The Bertz CT molecular complexity index is 424. The number of ether oxygens (including phenoxy) is 3. The monoisotopic (exact) mass is 343 g/mol. The van der Waals surface area contributed by atoms with Crippen molar-refractivity contribution in [3.8, 4) is 5.75 Å². The molecule has 0 amide bonds. The number of benzene rings is 1. The van der Waals surface area contributed by atoms with Crippen LogP contribution in [0, 0.1) is 0 Å². The van der Waals surface area contributed by atoms with Crippen molar-refractivity contribution in [1.82, 2.24) is 4.90 Å². The first-order valence-electron chi connectivity index (χ1n) is 6.75. The van der Waals surface area contributed by atoms with E-state index in [4.69, 9.17) is 14.2 Å². The van der Waals surface area contributed by atoms with Gasteiger partial charge in [-0.3, -0.25) is 0 Å². The van der Waals surface area contributed by atoms with Gasteiger partial charge < -0.3 is 19.1 Å². The highest BCUT2D eigenvalue weighted by Gasteiger charge is 2.34. The molecule has 20 heavy (non-hydrogen) atoms. The van der Waals surface area contributed by atoms with Crippen LogP contribution < -0.4 is 4.74 Å². The van der Waals surface area contributed by atoms with E-state index in [9.17, 15) is 0 Å². The fourth-order valence-electron chi connectivity index (χ4n) is 2.43. The molecule has 0 N–H and O–H groups in total. The molecular weight excluding hydrogens is 322 g/mol. The van der Waals surface area contributed by atoms with Crippen LogP contribution in [0.15, 0.2) is 28.7 Å². The zero-order chi connectivity index (χ0) is 14.6. The molecule has 1 aliphatic rings. The Balaban J connectivity index is 1.85. The van der Waals surface area contributed by atoms with Crippen molar-refractivity contribution >= 4 is 15.9 Å². The van der Waals surface area contributed by atoms with E-state index < -0.39 is 0 Å². The minimum Gasteiger partial charge on any atom is -0.491 e. The van der Waals surface area contributed by atoms with Crippen LogP contribution in [0.2, 0.25) is 0 Å². The third-order valence-electron chi connectivity index (χ3n) is 3.06. The molecule has 0 radical (unpaired) electrons. The SMILES string of the molecule is CN(C)C[C@]1(C)COC[C@@H](COc2ccc(Br)cc2)O1. The first-order chi connectivity index (χ1) is 9.47. The van der Waals surface area contributed by atoms with Crippen molar-refractivity contribution in [3.05, 3.63) is 28.7 Å². The predicted molar refractivity (Wildman–Crippen MR) is 82.3 cm³/mol. The Labute approximate surface area is 129 Å². The van der Waals surface area contributed by atoms with Gasteiger partial charge in [-0.2, -0.15) is 0 Å². The summed E-state index contributed by atoms with van der Waals surface area (Å²) in [4.78, 5) is 2.11. The van der Waals surface area contributed by atoms with Gasteiger partial charge in [0.05, 0.1) is 13.2 Å². The first kappa shape index (κ1) is 15.8. The summed E-state index contributed by atoms with van der Waals surface area (Å²) < 4.78 is 18.6. The summed E-state index contributed by atoms with van der Waals surface area (Å²) in [6.45, 7) is 4.63. The number of nitrogens with zero attached hydrogens (tertiary/aromatic N) is 1. The van der Waals surface area contributed by atoms with Crippen LogP contribution in [0.5, 0.6) is 5.75 Å². The number of rotatable bonds is 5. The Morgan fingerprint density at radius 3 is 2.70 bits per heavy atom. The van der Waals surface area contributed by atoms with Crippen molar-refractivity contribution in [2.75, 3.05) is 40.5 Å². The summed E-state index contributed by atoms with van der Waals surface area (Å²) in [5.41, 5.74) is -0.268. The standard InChI is InChI=1S/C15H22BrNO3/c1-15(10-17(2)3)11-18-8-14(20-15)9-19-13-6-4-12(16)5-7-13/h4-7,14H,8-11H2,1-3H3/t14-,15+/m0/s1. The summed E-state index contributed by atoms with van der Waals surface area (Å²) in [5, 5.41) is 0. The van der Waals surface area contributed by atoms with Gasteiger partial charge in [-0.25, -0.2) is 0 Å². The van der Waals surface area contributed by atoms with Gasteiger partial charge in [0.15, 0.2) is 0 Å². The Kier molecular flexibility index (Phi) is 5.43. The van der Waals surface area contributed by atoms with Crippen LogP contribution in [0.25, 0.3) is 0 Å². The highest BCUT2D eigenvalue weighted by Crippen LogP contribution is 2.22. The minimum atomic E-state index is -0.268. The largest absolute Gasteiger partial charge is 0.491 e. The van der Waals surface area contributed by atoms with Gasteiger partial charge in [-0.1, -0.05) is 15.9 Å². The molecule has 1 heterocycles. The summed E-state index contributed by atoms with van der Waals surface area (Å²) in [5.74, 6) is 0.844. The third-order valence-corrected chi connectivity index (χ3v) is 3.59. The maximum absolute atomic E-state index is 6.13. The maximum Gasteiger partial charge on any atom is 0.119 e. The molecule has 1 aromatic rings. The van der Waals surface area contributed by atoms with Crippen LogP contribution in [0.4, 0.5) is 0 Å². The molecule has 1 aliphatic heterocycles. The third kappa shape index (κ3) is 4.74. The fraction of sp³-hybridized carbons (Fsp3) is 0.600. The lowest BCUT2D eigenvalue weighted by molar-refractivity contribution is -0.201. The molecule has 0 spiro atoms. The van der Waals surface area contributed by atoms with Crippen molar-refractivity contribution in [2.45, 2.75) is 18.6 Å². The van der Waals surface area contributed by atoms with Gasteiger partial charge in [0.2, 0.25) is 0 Å². The van der Waals surface area contributed by atoms with E-state index >= 15 is 0 Å². The Morgan fingerprint density at radius 1 is 1.35 bits per heavy atom. The quantitative estimate of drug-likeness (QED) is 0.822. The molecule has 0 saturated carbocycles. The van der Waals surface area contributed by atoms with Crippen LogP contribution >= 0.6 is 15.9 Å². The van der Waals surface area contributed by atoms with Gasteiger partial charge in [0.1, 0.15) is 24.1 Å². The minimum absolute atomic E-state index is 0.0302. The van der Waals surface area contributed by atoms with Crippen molar-refractivity contribution in [3.63, 3.8) is 0 Å². The number of hydrogen-bond acceptors (Lipinski definition) is 4. The van der Waals surface area contributed by atoms with Crippen molar-refractivity contribution in [1.29, 1.82) is 0 Å². The Morgan fingerprint density at radius 2 is 2.05 bits per heavy atom.